The second-order valence-corrected chi connectivity index (χ2v) is 7.93. The van der Waals surface area contributed by atoms with E-state index in [0.29, 0.717) is 51.5 Å². The SMILES string of the molecule is COCCCN1CC2C(CNC(=O)c3cc(Cl)c(N)c4cccnc34)C2C1. The van der Waals surface area contributed by atoms with Gasteiger partial charge in [0.25, 0.3) is 5.91 Å². The van der Waals surface area contributed by atoms with Gasteiger partial charge in [0, 0.05) is 51.5 Å². The summed E-state index contributed by atoms with van der Waals surface area (Å²) in [4.78, 5) is 19.6. The van der Waals surface area contributed by atoms with Crippen molar-refractivity contribution in [1.29, 1.82) is 0 Å². The van der Waals surface area contributed by atoms with E-state index in [-0.39, 0.29) is 5.91 Å². The molecular weight excluding hydrogens is 364 g/mol. The van der Waals surface area contributed by atoms with E-state index in [2.05, 4.69) is 15.2 Å². The van der Waals surface area contributed by atoms with Crippen molar-refractivity contribution in [3.63, 3.8) is 0 Å². The maximum atomic E-state index is 12.7. The van der Waals surface area contributed by atoms with Crippen molar-refractivity contribution in [1.82, 2.24) is 15.2 Å². The van der Waals surface area contributed by atoms with E-state index >= 15 is 0 Å². The topological polar surface area (TPSA) is 80.5 Å². The standard InChI is InChI=1S/C20H25ClN4O2/c1-27-7-3-6-25-10-15-14(16(15)11-25)9-24-20(26)13-8-17(21)18(22)12-4-2-5-23-19(12)13/h2,4-5,8,14-16H,3,6-7,9-11,22H2,1H3,(H,24,26). The number of carbonyl (C=O) groups is 1. The number of ether oxygens (including phenoxy) is 1. The van der Waals surface area contributed by atoms with Gasteiger partial charge in [-0.3, -0.25) is 9.78 Å². The predicted molar refractivity (Wildman–Crippen MR) is 107 cm³/mol. The molecule has 7 heteroatoms. The Morgan fingerprint density at radius 3 is 2.96 bits per heavy atom. The van der Waals surface area contributed by atoms with E-state index < -0.39 is 0 Å². The van der Waals surface area contributed by atoms with Gasteiger partial charge in [0.15, 0.2) is 0 Å². The van der Waals surface area contributed by atoms with E-state index in [4.69, 9.17) is 22.1 Å². The van der Waals surface area contributed by atoms with Gasteiger partial charge in [-0.15, -0.1) is 0 Å². The number of methoxy groups -OCH3 is 1. The van der Waals surface area contributed by atoms with Crippen LogP contribution in [-0.2, 0) is 4.74 Å². The molecule has 2 unspecified atom stereocenters. The van der Waals surface area contributed by atoms with Crippen LogP contribution in [0.25, 0.3) is 10.9 Å². The summed E-state index contributed by atoms with van der Waals surface area (Å²) in [5.74, 6) is 1.86. The van der Waals surface area contributed by atoms with Crippen molar-refractivity contribution < 1.29 is 9.53 Å². The average molecular weight is 389 g/mol. The van der Waals surface area contributed by atoms with Crippen LogP contribution in [0, 0.1) is 17.8 Å². The van der Waals surface area contributed by atoms with Gasteiger partial charge < -0.3 is 20.7 Å². The summed E-state index contributed by atoms with van der Waals surface area (Å²) in [6.45, 7) is 4.88. The van der Waals surface area contributed by atoms with Crippen molar-refractivity contribution in [2.75, 3.05) is 45.6 Å². The second kappa shape index (κ2) is 7.62. The number of benzene rings is 1. The number of nitrogen functional groups attached to an aromatic ring is 1. The Labute approximate surface area is 164 Å². The fourth-order valence-corrected chi connectivity index (χ4v) is 4.58. The number of amides is 1. The maximum Gasteiger partial charge on any atom is 0.253 e. The number of carbonyl (C=O) groups excluding carboxylic acids is 1. The molecule has 2 fully saturated rings. The summed E-state index contributed by atoms with van der Waals surface area (Å²) in [6.07, 6.45) is 2.74. The second-order valence-electron chi connectivity index (χ2n) is 7.53. The number of aromatic nitrogens is 1. The van der Waals surface area contributed by atoms with Gasteiger partial charge in [-0.25, -0.2) is 0 Å². The Bertz CT molecular complexity index is 847. The fraction of sp³-hybridized carbons (Fsp3) is 0.500. The summed E-state index contributed by atoms with van der Waals surface area (Å²) in [6, 6.07) is 5.25. The molecule has 0 bridgehead atoms. The maximum absolute atomic E-state index is 12.7. The molecule has 144 valence electrons. The number of hydrogen-bond donors (Lipinski definition) is 2. The lowest BCUT2D eigenvalue weighted by molar-refractivity contribution is 0.0950. The third-order valence-electron chi connectivity index (χ3n) is 5.89. The number of pyridine rings is 1. The van der Waals surface area contributed by atoms with Gasteiger partial charge in [-0.05, 0) is 42.4 Å². The molecule has 4 rings (SSSR count). The van der Waals surface area contributed by atoms with Gasteiger partial charge in [0.1, 0.15) is 0 Å². The number of piperidine rings is 1. The molecule has 3 N–H and O–H groups in total. The monoisotopic (exact) mass is 388 g/mol. The molecule has 2 aliphatic rings. The Hall–Kier alpha value is -1.89. The van der Waals surface area contributed by atoms with Gasteiger partial charge >= 0.3 is 0 Å². The smallest absolute Gasteiger partial charge is 0.253 e. The van der Waals surface area contributed by atoms with Crippen LogP contribution in [-0.4, -0.2) is 55.7 Å². The number of nitrogens with one attached hydrogen (secondary N) is 1. The number of likely N-dealkylation sites (tertiary alicyclic amines) is 1. The Morgan fingerprint density at radius 2 is 2.22 bits per heavy atom. The van der Waals surface area contributed by atoms with Crippen molar-refractivity contribution in [2.24, 2.45) is 17.8 Å². The summed E-state index contributed by atoms with van der Waals surface area (Å²) < 4.78 is 5.12. The Morgan fingerprint density at radius 1 is 1.44 bits per heavy atom. The van der Waals surface area contributed by atoms with Gasteiger partial charge in [-0.2, -0.15) is 0 Å². The van der Waals surface area contributed by atoms with Crippen LogP contribution in [0.4, 0.5) is 5.69 Å². The van der Waals surface area contributed by atoms with Crippen molar-refractivity contribution in [2.45, 2.75) is 6.42 Å². The molecule has 27 heavy (non-hydrogen) atoms. The molecule has 2 aromatic rings. The quantitative estimate of drug-likeness (QED) is 0.562. The molecule has 6 nitrogen and oxygen atoms in total. The zero-order valence-corrected chi connectivity index (χ0v) is 16.2. The Balaban J connectivity index is 1.35. The lowest BCUT2D eigenvalue weighted by Gasteiger charge is -2.19. The number of rotatable bonds is 7. The van der Waals surface area contributed by atoms with Crippen molar-refractivity contribution >= 4 is 34.1 Å². The number of nitrogens with zero attached hydrogens (tertiary/aromatic N) is 2. The molecule has 1 aliphatic carbocycles. The summed E-state index contributed by atoms with van der Waals surface area (Å²) in [5, 5.41) is 4.18. The normalized spacial score (nSPS) is 24.1. The van der Waals surface area contributed by atoms with E-state index in [1.807, 2.05) is 6.07 Å². The average Bonchev–Trinajstić information content (AvgIpc) is 3.13. The van der Waals surface area contributed by atoms with Gasteiger partial charge in [0.2, 0.25) is 0 Å². The minimum Gasteiger partial charge on any atom is -0.397 e. The minimum atomic E-state index is -0.137. The number of anilines is 1. The number of hydrogen-bond acceptors (Lipinski definition) is 5. The first-order valence-corrected chi connectivity index (χ1v) is 9.80. The zero-order chi connectivity index (χ0) is 19.0. The van der Waals surface area contributed by atoms with Gasteiger partial charge in [0.05, 0.1) is 21.8 Å². The first-order chi connectivity index (χ1) is 13.1. The highest BCUT2D eigenvalue weighted by Gasteiger charge is 2.54. The van der Waals surface area contributed by atoms with E-state index in [1.54, 1.807) is 25.4 Å². The predicted octanol–water partition coefficient (Wildman–Crippen LogP) is 2.41. The molecule has 1 saturated heterocycles. The van der Waals surface area contributed by atoms with Crippen LogP contribution in [0.3, 0.4) is 0 Å². The van der Waals surface area contributed by atoms with Crippen LogP contribution >= 0.6 is 11.6 Å². The molecule has 2 atom stereocenters. The van der Waals surface area contributed by atoms with E-state index in [0.717, 1.165) is 32.7 Å². The molecule has 1 aromatic heterocycles. The molecule has 0 radical (unpaired) electrons. The van der Waals surface area contributed by atoms with Crippen molar-refractivity contribution in [3.8, 4) is 0 Å². The van der Waals surface area contributed by atoms with E-state index in [1.165, 1.54) is 0 Å². The summed E-state index contributed by atoms with van der Waals surface area (Å²) in [7, 11) is 1.74. The number of fused-ring (bicyclic) bond motifs is 2. The molecule has 2 heterocycles. The number of nitrogens with two attached hydrogens (primary N) is 1. The van der Waals surface area contributed by atoms with Crippen LogP contribution in [0.2, 0.25) is 5.02 Å². The van der Waals surface area contributed by atoms with Crippen LogP contribution < -0.4 is 11.1 Å². The first-order valence-electron chi connectivity index (χ1n) is 9.42. The Kier molecular flexibility index (Phi) is 5.21. The molecule has 1 saturated carbocycles. The fourth-order valence-electron chi connectivity index (χ4n) is 4.37. The van der Waals surface area contributed by atoms with Crippen LogP contribution in [0.1, 0.15) is 16.8 Å². The third-order valence-corrected chi connectivity index (χ3v) is 6.21. The molecule has 1 aromatic carbocycles. The van der Waals surface area contributed by atoms with Gasteiger partial charge in [-0.1, -0.05) is 11.6 Å². The zero-order valence-electron chi connectivity index (χ0n) is 15.5. The molecule has 1 aliphatic heterocycles. The highest BCUT2D eigenvalue weighted by molar-refractivity contribution is 6.35. The minimum absolute atomic E-state index is 0.137. The third kappa shape index (κ3) is 3.61. The highest BCUT2D eigenvalue weighted by Crippen LogP contribution is 2.51. The number of halogens is 1. The van der Waals surface area contributed by atoms with Crippen molar-refractivity contribution in [3.05, 3.63) is 35.0 Å². The summed E-state index contributed by atoms with van der Waals surface area (Å²) in [5.41, 5.74) is 7.56. The largest absolute Gasteiger partial charge is 0.397 e. The van der Waals surface area contributed by atoms with Crippen LogP contribution in [0.15, 0.2) is 24.4 Å². The lowest BCUT2D eigenvalue weighted by Crippen LogP contribution is -2.31. The lowest BCUT2D eigenvalue weighted by atomic mass is 10.1. The summed E-state index contributed by atoms with van der Waals surface area (Å²) >= 11 is 6.21. The molecular formula is C20H25ClN4O2. The van der Waals surface area contributed by atoms with E-state index in [9.17, 15) is 4.79 Å². The van der Waals surface area contributed by atoms with Crippen LogP contribution in [0.5, 0.6) is 0 Å². The first kappa shape index (κ1) is 18.5. The highest BCUT2D eigenvalue weighted by atomic mass is 35.5. The molecule has 1 amide bonds. The molecule has 0 spiro atoms.